The van der Waals surface area contributed by atoms with E-state index in [1.165, 1.54) is 22.4 Å². The second-order valence-corrected chi connectivity index (χ2v) is 6.81. The minimum Gasteiger partial charge on any atom is -0.465 e. The Kier molecular flexibility index (Phi) is 5.26. The van der Waals surface area contributed by atoms with E-state index in [1.807, 2.05) is 30.3 Å². The monoisotopic (exact) mass is 401 g/mol. The number of aromatic nitrogens is 3. The van der Waals surface area contributed by atoms with Gasteiger partial charge in [0.05, 0.1) is 31.3 Å². The molecule has 0 saturated heterocycles. The van der Waals surface area contributed by atoms with Crippen molar-refractivity contribution in [1.82, 2.24) is 14.1 Å². The van der Waals surface area contributed by atoms with Gasteiger partial charge in [-0.05, 0) is 35.4 Å². The Bertz CT molecular complexity index is 1320. The third kappa shape index (κ3) is 3.65. The molecule has 0 unspecified atom stereocenters. The predicted molar refractivity (Wildman–Crippen MR) is 113 cm³/mol. The standard InChI is InChI=1S/C23H19N3O4/c1-30-22(28)18-11-9-17(10-12-18)14-25-19-8-5-13-24-20(19)21(27)26(23(25)29)15-16-6-3-2-4-7-16/h2-13H,14-15H2,1H3. The van der Waals surface area contributed by atoms with Crippen LogP contribution in [-0.4, -0.2) is 27.2 Å². The van der Waals surface area contributed by atoms with Crippen LogP contribution in [0, 0.1) is 0 Å². The zero-order chi connectivity index (χ0) is 21.1. The number of hydrogen-bond donors (Lipinski definition) is 0. The van der Waals surface area contributed by atoms with Crippen molar-refractivity contribution in [3.05, 3.63) is 110 Å². The van der Waals surface area contributed by atoms with Crippen LogP contribution in [0.4, 0.5) is 0 Å². The molecule has 0 N–H and O–H groups in total. The predicted octanol–water partition coefficient (Wildman–Crippen LogP) is 2.44. The summed E-state index contributed by atoms with van der Waals surface area (Å²) in [6.45, 7) is 0.393. The van der Waals surface area contributed by atoms with Gasteiger partial charge in [-0.2, -0.15) is 0 Å². The molecule has 0 amide bonds. The zero-order valence-electron chi connectivity index (χ0n) is 16.3. The fraction of sp³-hybridized carbons (Fsp3) is 0.130. The third-order valence-electron chi connectivity index (χ3n) is 4.89. The first-order valence-electron chi connectivity index (χ1n) is 9.38. The summed E-state index contributed by atoms with van der Waals surface area (Å²) in [5.74, 6) is -0.426. The van der Waals surface area contributed by atoms with Crippen LogP contribution in [0.3, 0.4) is 0 Å². The van der Waals surface area contributed by atoms with Crippen molar-refractivity contribution in [1.29, 1.82) is 0 Å². The first-order valence-corrected chi connectivity index (χ1v) is 9.38. The molecule has 0 aliphatic heterocycles. The van der Waals surface area contributed by atoms with E-state index < -0.39 is 17.2 Å². The van der Waals surface area contributed by atoms with Gasteiger partial charge >= 0.3 is 11.7 Å². The van der Waals surface area contributed by atoms with Crippen LogP contribution < -0.4 is 11.2 Å². The quantitative estimate of drug-likeness (QED) is 0.480. The fourth-order valence-corrected chi connectivity index (χ4v) is 3.35. The largest absolute Gasteiger partial charge is 0.465 e. The number of pyridine rings is 1. The number of ether oxygens (including phenoxy) is 1. The second-order valence-electron chi connectivity index (χ2n) is 6.81. The Labute approximate surface area is 171 Å². The maximum absolute atomic E-state index is 13.3. The van der Waals surface area contributed by atoms with Crippen molar-refractivity contribution < 1.29 is 9.53 Å². The summed E-state index contributed by atoms with van der Waals surface area (Å²) in [6, 6.07) is 19.5. The van der Waals surface area contributed by atoms with Gasteiger partial charge in [0.25, 0.3) is 5.56 Å². The molecule has 0 spiro atoms. The topological polar surface area (TPSA) is 83.2 Å². The summed E-state index contributed by atoms with van der Waals surface area (Å²) >= 11 is 0. The zero-order valence-corrected chi connectivity index (χ0v) is 16.3. The summed E-state index contributed by atoms with van der Waals surface area (Å²) in [7, 11) is 1.32. The van der Waals surface area contributed by atoms with E-state index in [4.69, 9.17) is 4.74 Å². The van der Waals surface area contributed by atoms with E-state index in [2.05, 4.69) is 4.98 Å². The van der Waals surface area contributed by atoms with E-state index in [0.29, 0.717) is 11.1 Å². The molecule has 0 aliphatic carbocycles. The molecule has 2 heterocycles. The Morgan fingerprint density at radius 1 is 0.867 bits per heavy atom. The lowest BCUT2D eigenvalue weighted by molar-refractivity contribution is 0.0600. The normalized spacial score (nSPS) is 10.8. The van der Waals surface area contributed by atoms with E-state index in [9.17, 15) is 14.4 Å². The van der Waals surface area contributed by atoms with Gasteiger partial charge in [0.15, 0.2) is 5.52 Å². The van der Waals surface area contributed by atoms with E-state index in [1.54, 1.807) is 36.4 Å². The molecule has 30 heavy (non-hydrogen) atoms. The highest BCUT2D eigenvalue weighted by atomic mass is 16.5. The van der Waals surface area contributed by atoms with Crippen LogP contribution in [0.15, 0.2) is 82.5 Å². The van der Waals surface area contributed by atoms with Gasteiger partial charge in [-0.25, -0.2) is 14.6 Å². The SMILES string of the molecule is COC(=O)c1ccc(Cn2c(=O)n(Cc3ccccc3)c(=O)c3ncccc32)cc1. The number of benzene rings is 2. The summed E-state index contributed by atoms with van der Waals surface area (Å²) in [6.07, 6.45) is 1.54. The summed E-state index contributed by atoms with van der Waals surface area (Å²) in [5, 5.41) is 0. The maximum Gasteiger partial charge on any atom is 0.337 e. The van der Waals surface area contributed by atoms with E-state index in [-0.39, 0.29) is 18.6 Å². The number of hydrogen-bond acceptors (Lipinski definition) is 5. The molecule has 0 saturated carbocycles. The molecule has 150 valence electrons. The van der Waals surface area contributed by atoms with Gasteiger partial charge in [-0.1, -0.05) is 42.5 Å². The molecule has 7 nitrogen and oxygen atoms in total. The van der Waals surface area contributed by atoms with Crippen molar-refractivity contribution in [2.45, 2.75) is 13.1 Å². The minimum atomic E-state index is -0.426. The van der Waals surface area contributed by atoms with E-state index >= 15 is 0 Å². The lowest BCUT2D eigenvalue weighted by Crippen LogP contribution is -2.40. The van der Waals surface area contributed by atoms with Crippen LogP contribution in [0.1, 0.15) is 21.5 Å². The van der Waals surface area contributed by atoms with Crippen molar-refractivity contribution in [3.63, 3.8) is 0 Å². The highest BCUT2D eigenvalue weighted by molar-refractivity contribution is 5.89. The van der Waals surface area contributed by atoms with Gasteiger partial charge in [0.1, 0.15) is 0 Å². The van der Waals surface area contributed by atoms with Crippen LogP contribution in [0.5, 0.6) is 0 Å². The smallest absolute Gasteiger partial charge is 0.337 e. The number of methoxy groups -OCH3 is 1. The molecular weight excluding hydrogens is 382 g/mol. The minimum absolute atomic E-state index is 0.159. The Morgan fingerprint density at radius 2 is 1.53 bits per heavy atom. The summed E-state index contributed by atoms with van der Waals surface area (Å²) < 4.78 is 7.45. The highest BCUT2D eigenvalue weighted by Crippen LogP contribution is 2.11. The Morgan fingerprint density at radius 3 is 2.23 bits per heavy atom. The summed E-state index contributed by atoms with van der Waals surface area (Å²) in [5.41, 5.74) is 1.95. The van der Waals surface area contributed by atoms with Crippen LogP contribution in [0.25, 0.3) is 11.0 Å². The maximum atomic E-state index is 13.3. The first-order chi connectivity index (χ1) is 14.6. The first kappa shape index (κ1) is 19.3. The van der Waals surface area contributed by atoms with E-state index in [0.717, 1.165) is 11.1 Å². The number of fused-ring (bicyclic) bond motifs is 1. The van der Waals surface area contributed by atoms with Crippen LogP contribution >= 0.6 is 0 Å². The molecule has 0 aliphatic rings. The third-order valence-corrected chi connectivity index (χ3v) is 4.89. The fourth-order valence-electron chi connectivity index (χ4n) is 3.35. The van der Waals surface area contributed by atoms with Crippen molar-refractivity contribution >= 4 is 17.0 Å². The highest BCUT2D eigenvalue weighted by Gasteiger charge is 2.15. The lowest BCUT2D eigenvalue weighted by Gasteiger charge is -2.14. The number of carbonyl (C=O) groups excluding carboxylic acids is 1. The van der Waals surface area contributed by atoms with Gasteiger partial charge < -0.3 is 4.74 Å². The molecule has 4 aromatic rings. The Hall–Kier alpha value is -4.00. The number of nitrogens with zero attached hydrogens (tertiary/aromatic N) is 3. The van der Waals surface area contributed by atoms with Crippen LogP contribution in [-0.2, 0) is 17.8 Å². The average molecular weight is 401 g/mol. The lowest BCUT2D eigenvalue weighted by atomic mass is 10.1. The molecule has 0 bridgehead atoms. The number of esters is 1. The molecule has 2 aromatic heterocycles. The molecule has 2 aromatic carbocycles. The number of carbonyl (C=O) groups is 1. The van der Waals surface area contributed by atoms with Crippen LogP contribution in [0.2, 0.25) is 0 Å². The molecule has 4 rings (SSSR count). The summed E-state index contributed by atoms with van der Waals surface area (Å²) in [4.78, 5) is 42.1. The molecule has 0 atom stereocenters. The molecule has 0 radical (unpaired) electrons. The average Bonchev–Trinajstić information content (AvgIpc) is 2.80. The molecular formula is C23H19N3O4. The Balaban J connectivity index is 1.82. The second kappa shape index (κ2) is 8.16. The molecule has 7 heteroatoms. The van der Waals surface area contributed by atoms with Crippen molar-refractivity contribution in [3.8, 4) is 0 Å². The van der Waals surface area contributed by atoms with Gasteiger partial charge in [0, 0.05) is 6.20 Å². The van der Waals surface area contributed by atoms with Gasteiger partial charge in [0.2, 0.25) is 0 Å². The van der Waals surface area contributed by atoms with Gasteiger partial charge in [-0.3, -0.25) is 13.9 Å². The number of rotatable bonds is 5. The van der Waals surface area contributed by atoms with Gasteiger partial charge in [-0.15, -0.1) is 0 Å². The van der Waals surface area contributed by atoms with Crippen molar-refractivity contribution in [2.75, 3.05) is 7.11 Å². The van der Waals surface area contributed by atoms with Crippen molar-refractivity contribution in [2.24, 2.45) is 0 Å². The molecule has 0 fully saturated rings.